The van der Waals surface area contributed by atoms with E-state index in [1.807, 2.05) is 79.7 Å². The van der Waals surface area contributed by atoms with E-state index in [1.54, 1.807) is 4.68 Å². The number of carboxylic acid groups (broad SMARTS) is 1. The van der Waals surface area contributed by atoms with Gasteiger partial charge in [-0.25, -0.2) is 0 Å². The second-order valence-electron chi connectivity index (χ2n) is 7.81. The molecule has 0 radical (unpaired) electrons. The largest absolute Gasteiger partial charge is 0.489 e. The minimum Gasteiger partial charge on any atom is -0.489 e. The van der Waals surface area contributed by atoms with Crippen molar-refractivity contribution in [1.82, 2.24) is 19.6 Å². The first-order chi connectivity index (χ1) is 15.5. The Morgan fingerprint density at radius 1 is 1.12 bits per heavy atom. The molecule has 0 bridgehead atoms. The number of hydrogen-bond acceptors (Lipinski definition) is 4. The maximum absolute atomic E-state index is 11.1. The summed E-state index contributed by atoms with van der Waals surface area (Å²) in [4.78, 5) is 11.1. The highest BCUT2D eigenvalue weighted by atomic mass is 16.5. The lowest BCUT2D eigenvalue weighted by molar-refractivity contribution is -0.137. The van der Waals surface area contributed by atoms with Gasteiger partial charge in [0, 0.05) is 30.1 Å². The number of fused-ring (bicyclic) bond motifs is 1. The number of aliphatic carboxylic acids is 1. The zero-order chi connectivity index (χ0) is 22.5. The zero-order valence-corrected chi connectivity index (χ0v) is 18.2. The molecule has 164 valence electrons. The molecule has 1 N–H and O–H groups in total. The first kappa shape index (κ1) is 21.4. The standard InChI is InChI=1S/C25H26N4O3/c1-3-4-21(12-25(30)31)20-7-9-23(10-8-20)32-17-18-5-6-22-14-27-29(24(22)11-18)16-19-13-26-28(2)15-19/h3-11,13-15,21H,12,16-17H2,1-2H3,(H,30,31)/t21-/m1/s1. The third-order valence-electron chi connectivity index (χ3n) is 5.33. The molecule has 0 saturated heterocycles. The first-order valence-corrected chi connectivity index (χ1v) is 10.5. The summed E-state index contributed by atoms with van der Waals surface area (Å²) in [5.41, 5.74) is 4.15. The van der Waals surface area contributed by atoms with Crippen LogP contribution in [0.3, 0.4) is 0 Å². The zero-order valence-electron chi connectivity index (χ0n) is 18.2. The number of nitrogens with zero attached hydrogens (tertiary/aromatic N) is 4. The number of allylic oxidation sites excluding steroid dienone is 2. The van der Waals surface area contributed by atoms with Crippen LogP contribution in [0.2, 0.25) is 0 Å². The van der Waals surface area contributed by atoms with Gasteiger partial charge in [0.15, 0.2) is 0 Å². The van der Waals surface area contributed by atoms with Crippen LogP contribution in [0.15, 0.2) is 73.2 Å². The Bertz CT molecular complexity index is 1240. The lowest BCUT2D eigenvalue weighted by Crippen LogP contribution is -2.04. The summed E-state index contributed by atoms with van der Waals surface area (Å²) in [7, 11) is 1.90. The van der Waals surface area contributed by atoms with Gasteiger partial charge >= 0.3 is 5.97 Å². The van der Waals surface area contributed by atoms with Crippen molar-refractivity contribution in [3.05, 3.63) is 89.9 Å². The van der Waals surface area contributed by atoms with E-state index in [-0.39, 0.29) is 12.3 Å². The van der Waals surface area contributed by atoms with Gasteiger partial charge in [-0.3, -0.25) is 14.2 Å². The van der Waals surface area contributed by atoms with E-state index in [2.05, 4.69) is 22.3 Å². The number of carboxylic acids is 1. The van der Waals surface area contributed by atoms with Crippen LogP contribution >= 0.6 is 0 Å². The molecular formula is C25H26N4O3. The van der Waals surface area contributed by atoms with Gasteiger partial charge in [0.05, 0.1) is 30.9 Å². The second-order valence-corrected chi connectivity index (χ2v) is 7.81. The Labute approximate surface area is 186 Å². The number of hydrogen-bond donors (Lipinski definition) is 1. The fourth-order valence-corrected chi connectivity index (χ4v) is 3.75. The molecule has 7 heteroatoms. The van der Waals surface area contributed by atoms with E-state index in [1.165, 1.54) is 0 Å². The smallest absolute Gasteiger partial charge is 0.304 e. The quantitative estimate of drug-likeness (QED) is 0.395. The summed E-state index contributed by atoms with van der Waals surface area (Å²) in [6.45, 7) is 2.99. The van der Waals surface area contributed by atoms with Crippen LogP contribution < -0.4 is 4.74 Å². The number of benzene rings is 2. The number of aryl methyl sites for hydroxylation is 1. The van der Waals surface area contributed by atoms with Crippen molar-refractivity contribution in [2.24, 2.45) is 7.05 Å². The Balaban J connectivity index is 1.44. The van der Waals surface area contributed by atoms with Gasteiger partial charge < -0.3 is 9.84 Å². The van der Waals surface area contributed by atoms with Crippen LogP contribution in [0.4, 0.5) is 0 Å². The highest BCUT2D eigenvalue weighted by Crippen LogP contribution is 2.25. The second kappa shape index (κ2) is 9.51. The Hall–Kier alpha value is -3.87. The molecule has 0 spiro atoms. The lowest BCUT2D eigenvalue weighted by Gasteiger charge is -2.12. The highest BCUT2D eigenvalue weighted by Gasteiger charge is 2.12. The Morgan fingerprint density at radius 2 is 1.94 bits per heavy atom. The van der Waals surface area contributed by atoms with Gasteiger partial charge in [0.2, 0.25) is 0 Å². The summed E-state index contributed by atoms with van der Waals surface area (Å²) < 4.78 is 9.73. The average Bonchev–Trinajstić information content (AvgIpc) is 3.38. The van der Waals surface area contributed by atoms with Crippen molar-refractivity contribution in [3.8, 4) is 5.75 Å². The maximum Gasteiger partial charge on any atom is 0.304 e. The third kappa shape index (κ3) is 5.06. The Morgan fingerprint density at radius 3 is 2.62 bits per heavy atom. The predicted molar refractivity (Wildman–Crippen MR) is 123 cm³/mol. The van der Waals surface area contributed by atoms with E-state index in [0.29, 0.717) is 13.2 Å². The Kier molecular flexibility index (Phi) is 6.35. The van der Waals surface area contributed by atoms with Crippen molar-refractivity contribution in [1.29, 1.82) is 0 Å². The minimum absolute atomic E-state index is 0.0668. The van der Waals surface area contributed by atoms with Crippen LogP contribution in [0.25, 0.3) is 10.9 Å². The molecule has 7 nitrogen and oxygen atoms in total. The summed E-state index contributed by atoms with van der Waals surface area (Å²) in [6, 6.07) is 13.8. The summed E-state index contributed by atoms with van der Waals surface area (Å²) in [6.07, 6.45) is 9.56. The molecule has 1 atom stereocenters. The monoisotopic (exact) mass is 430 g/mol. The molecule has 0 amide bonds. The highest BCUT2D eigenvalue weighted by molar-refractivity contribution is 5.79. The minimum atomic E-state index is -0.813. The van der Waals surface area contributed by atoms with Gasteiger partial charge in [-0.1, -0.05) is 36.4 Å². The summed E-state index contributed by atoms with van der Waals surface area (Å²) >= 11 is 0. The fraction of sp³-hybridized carbons (Fsp3) is 0.240. The van der Waals surface area contributed by atoms with Crippen LogP contribution in [0.5, 0.6) is 5.75 Å². The lowest BCUT2D eigenvalue weighted by atomic mass is 9.95. The topological polar surface area (TPSA) is 82.2 Å². The van der Waals surface area contributed by atoms with Crippen LogP contribution in [-0.2, 0) is 25.0 Å². The van der Waals surface area contributed by atoms with Crippen LogP contribution in [-0.4, -0.2) is 30.6 Å². The van der Waals surface area contributed by atoms with E-state index in [0.717, 1.165) is 33.3 Å². The van der Waals surface area contributed by atoms with Gasteiger partial charge in [0.1, 0.15) is 12.4 Å². The molecule has 2 aromatic carbocycles. The van der Waals surface area contributed by atoms with E-state index in [9.17, 15) is 4.79 Å². The van der Waals surface area contributed by atoms with Crippen molar-refractivity contribution in [2.45, 2.75) is 32.4 Å². The SMILES string of the molecule is CC=C[C@H](CC(=O)O)c1ccc(OCc2ccc3cnn(Cc4cnn(C)c4)c3c2)cc1. The van der Waals surface area contributed by atoms with Crippen molar-refractivity contribution in [2.75, 3.05) is 0 Å². The van der Waals surface area contributed by atoms with Crippen molar-refractivity contribution < 1.29 is 14.6 Å². The number of aromatic nitrogens is 4. The average molecular weight is 431 g/mol. The van der Waals surface area contributed by atoms with E-state index in [4.69, 9.17) is 9.84 Å². The number of ether oxygens (including phenoxy) is 1. The van der Waals surface area contributed by atoms with E-state index >= 15 is 0 Å². The molecule has 0 aliphatic rings. The first-order valence-electron chi connectivity index (χ1n) is 10.5. The van der Waals surface area contributed by atoms with Gasteiger partial charge in [-0.2, -0.15) is 10.2 Å². The fourth-order valence-electron chi connectivity index (χ4n) is 3.75. The molecule has 0 saturated carbocycles. The van der Waals surface area contributed by atoms with Crippen molar-refractivity contribution >= 4 is 16.9 Å². The molecule has 0 fully saturated rings. The molecule has 0 unspecified atom stereocenters. The van der Waals surface area contributed by atoms with Crippen LogP contribution in [0.1, 0.15) is 36.0 Å². The van der Waals surface area contributed by atoms with E-state index < -0.39 is 5.97 Å². The molecule has 0 aliphatic carbocycles. The molecule has 32 heavy (non-hydrogen) atoms. The number of carbonyl (C=O) groups is 1. The molecule has 2 heterocycles. The molecule has 0 aliphatic heterocycles. The van der Waals surface area contributed by atoms with Gasteiger partial charge in [-0.15, -0.1) is 0 Å². The van der Waals surface area contributed by atoms with Crippen molar-refractivity contribution in [3.63, 3.8) is 0 Å². The maximum atomic E-state index is 11.1. The molecule has 2 aromatic heterocycles. The molecule has 4 aromatic rings. The summed E-state index contributed by atoms with van der Waals surface area (Å²) in [5, 5.41) is 18.9. The molecule has 4 rings (SSSR count). The summed E-state index contributed by atoms with van der Waals surface area (Å²) in [5.74, 6) is -0.215. The van der Waals surface area contributed by atoms with Crippen LogP contribution in [0, 0.1) is 0 Å². The predicted octanol–water partition coefficient (Wildman–Crippen LogP) is 4.53. The molecular weight excluding hydrogens is 404 g/mol. The number of rotatable bonds is 9. The third-order valence-corrected chi connectivity index (χ3v) is 5.33. The normalized spacial score (nSPS) is 12.4. The van der Waals surface area contributed by atoms with Gasteiger partial charge in [0.25, 0.3) is 0 Å². The van der Waals surface area contributed by atoms with Gasteiger partial charge in [-0.05, 0) is 36.2 Å².